The van der Waals surface area contributed by atoms with Crippen LogP contribution in [-0.2, 0) is 6.54 Å². The van der Waals surface area contributed by atoms with Crippen molar-refractivity contribution in [3.63, 3.8) is 0 Å². The number of benzene rings is 1. The van der Waals surface area contributed by atoms with Gasteiger partial charge in [0.1, 0.15) is 10.6 Å². The highest BCUT2D eigenvalue weighted by molar-refractivity contribution is 9.10. The molecule has 0 amide bonds. The lowest BCUT2D eigenvalue weighted by molar-refractivity contribution is 0.405. The van der Waals surface area contributed by atoms with Crippen LogP contribution < -0.4 is 15.2 Å². The van der Waals surface area contributed by atoms with Crippen LogP contribution in [0.2, 0.25) is 0 Å². The molecule has 2 aromatic heterocycles. The van der Waals surface area contributed by atoms with Gasteiger partial charge in [0.25, 0.3) is 5.89 Å². The van der Waals surface area contributed by atoms with E-state index in [0.717, 1.165) is 10.0 Å². The lowest BCUT2D eigenvalue weighted by Gasteiger charge is -2.06. The van der Waals surface area contributed by atoms with Gasteiger partial charge in [-0.1, -0.05) is 18.2 Å². The van der Waals surface area contributed by atoms with E-state index in [1.165, 1.54) is 16.0 Å². The zero-order valence-corrected chi connectivity index (χ0v) is 14.8. The summed E-state index contributed by atoms with van der Waals surface area (Å²) in [6.45, 7) is 0.265. The average molecular weight is 397 g/mol. The number of thiophene rings is 1. The molecular formula is C15H13BrN2O4S. The minimum absolute atomic E-state index is 0.234. The molecule has 1 aromatic carbocycles. The number of rotatable bonds is 5. The molecular weight excluding hydrogens is 384 g/mol. The van der Waals surface area contributed by atoms with Crippen LogP contribution >= 0.6 is 27.3 Å². The van der Waals surface area contributed by atoms with E-state index in [2.05, 4.69) is 21.0 Å². The van der Waals surface area contributed by atoms with Gasteiger partial charge in [-0.05, 0) is 22.0 Å². The monoisotopic (exact) mass is 396 g/mol. The highest BCUT2D eigenvalue weighted by Gasteiger charge is 2.19. The molecule has 0 N–H and O–H groups in total. The Morgan fingerprint density at radius 3 is 2.83 bits per heavy atom. The Bertz CT molecular complexity index is 884. The summed E-state index contributed by atoms with van der Waals surface area (Å²) in [5, 5.41) is 6.12. The van der Waals surface area contributed by atoms with Crippen LogP contribution in [0.25, 0.3) is 10.8 Å². The van der Waals surface area contributed by atoms with Crippen molar-refractivity contribution in [2.45, 2.75) is 6.54 Å². The van der Waals surface area contributed by atoms with Gasteiger partial charge in [0.2, 0.25) is 0 Å². The fourth-order valence-corrected chi connectivity index (χ4v) is 3.74. The summed E-state index contributed by atoms with van der Waals surface area (Å²) in [5.41, 5.74) is 0.844. The van der Waals surface area contributed by atoms with Gasteiger partial charge >= 0.3 is 5.76 Å². The summed E-state index contributed by atoms with van der Waals surface area (Å²) in [5.74, 6) is 0.996. The van der Waals surface area contributed by atoms with Crippen molar-refractivity contribution in [2.75, 3.05) is 14.2 Å². The largest absolute Gasteiger partial charge is 0.496 e. The summed E-state index contributed by atoms with van der Waals surface area (Å²) in [6.07, 6.45) is 0. The molecule has 0 unspecified atom stereocenters. The third-order valence-corrected chi connectivity index (χ3v) is 5.06. The molecule has 2 heterocycles. The quantitative estimate of drug-likeness (QED) is 0.660. The molecule has 0 aliphatic rings. The van der Waals surface area contributed by atoms with Gasteiger partial charge in [-0.3, -0.25) is 0 Å². The van der Waals surface area contributed by atoms with E-state index >= 15 is 0 Å². The van der Waals surface area contributed by atoms with Gasteiger partial charge in [-0.25, -0.2) is 4.79 Å². The zero-order valence-electron chi connectivity index (χ0n) is 12.4. The second-order valence-electron chi connectivity index (χ2n) is 4.59. The third kappa shape index (κ3) is 3.04. The Hall–Kier alpha value is -2.06. The Balaban J connectivity index is 1.97. The van der Waals surface area contributed by atoms with E-state index in [9.17, 15) is 4.79 Å². The second kappa shape index (κ2) is 6.59. The molecule has 6 nitrogen and oxygen atoms in total. The van der Waals surface area contributed by atoms with E-state index in [0.29, 0.717) is 16.4 Å². The van der Waals surface area contributed by atoms with E-state index in [1.807, 2.05) is 29.6 Å². The van der Waals surface area contributed by atoms with E-state index in [4.69, 9.17) is 13.9 Å². The van der Waals surface area contributed by atoms with Crippen LogP contribution in [0.3, 0.4) is 0 Å². The summed E-state index contributed by atoms with van der Waals surface area (Å²) in [7, 11) is 3.14. The lowest BCUT2D eigenvalue weighted by Crippen LogP contribution is -2.16. The first-order valence-corrected chi connectivity index (χ1v) is 8.32. The maximum atomic E-state index is 12.1. The van der Waals surface area contributed by atoms with Crippen molar-refractivity contribution in [2.24, 2.45) is 0 Å². The number of methoxy groups -OCH3 is 2. The van der Waals surface area contributed by atoms with Crippen molar-refractivity contribution < 1.29 is 13.9 Å². The highest BCUT2D eigenvalue weighted by Crippen LogP contribution is 2.40. The van der Waals surface area contributed by atoms with Crippen LogP contribution in [0, 0.1) is 0 Å². The van der Waals surface area contributed by atoms with Crippen LogP contribution in [0.4, 0.5) is 0 Å². The van der Waals surface area contributed by atoms with Crippen molar-refractivity contribution in [3.05, 3.63) is 50.2 Å². The molecule has 0 radical (unpaired) electrons. The van der Waals surface area contributed by atoms with Crippen molar-refractivity contribution in [3.8, 4) is 22.3 Å². The molecule has 0 saturated carbocycles. The molecule has 0 spiro atoms. The number of hydrogen-bond donors (Lipinski definition) is 0. The normalized spacial score (nSPS) is 10.7. The Morgan fingerprint density at radius 2 is 2.09 bits per heavy atom. The predicted octanol–water partition coefficient (Wildman–Crippen LogP) is 3.39. The summed E-state index contributed by atoms with van der Waals surface area (Å²) in [4.78, 5) is 12.7. The van der Waals surface area contributed by atoms with Gasteiger partial charge < -0.3 is 13.9 Å². The third-order valence-electron chi connectivity index (χ3n) is 3.22. The van der Waals surface area contributed by atoms with Crippen molar-refractivity contribution >= 4 is 27.3 Å². The number of ether oxygens (including phenoxy) is 2. The molecule has 0 atom stereocenters. The maximum absolute atomic E-state index is 12.1. The predicted molar refractivity (Wildman–Crippen MR) is 90.4 cm³/mol. The number of nitrogens with zero attached hydrogens (tertiary/aromatic N) is 2. The number of aromatic nitrogens is 2. The fourth-order valence-electron chi connectivity index (χ4n) is 2.16. The maximum Gasteiger partial charge on any atom is 0.437 e. The van der Waals surface area contributed by atoms with E-state index in [1.54, 1.807) is 14.2 Å². The standard InChI is InChI=1S/C15H13BrN2O4S/c1-20-11-6-4-3-5-9(11)7-18-15(19)22-14(17-18)13-12(21-2)10(16)8-23-13/h3-6,8H,7H2,1-2H3. The molecule has 0 aliphatic heterocycles. The molecule has 23 heavy (non-hydrogen) atoms. The van der Waals surface area contributed by atoms with Crippen molar-refractivity contribution in [1.29, 1.82) is 0 Å². The number of halogens is 1. The first kappa shape index (κ1) is 15.8. The molecule has 0 fully saturated rings. The topological polar surface area (TPSA) is 66.5 Å². The Kier molecular flexibility index (Phi) is 4.53. The average Bonchev–Trinajstić information content (AvgIpc) is 3.10. The summed E-state index contributed by atoms with van der Waals surface area (Å²) < 4.78 is 17.9. The number of para-hydroxylation sites is 1. The highest BCUT2D eigenvalue weighted by atomic mass is 79.9. The second-order valence-corrected chi connectivity index (χ2v) is 6.32. The minimum atomic E-state index is -0.530. The smallest absolute Gasteiger partial charge is 0.437 e. The van der Waals surface area contributed by atoms with Gasteiger partial charge in [0.15, 0.2) is 5.75 Å². The summed E-state index contributed by atoms with van der Waals surface area (Å²) in [6, 6.07) is 7.46. The first-order valence-electron chi connectivity index (χ1n) is 6.65. The van der Waals surface area contributed by atoms with Crippen LogP contribution in [-0.4, -0.2) is 24.0 Å². The molecule has 8 heteroatoms. The SMILES string of the molecule is COc1ccccc1Cn1nc(-c2scc(Br)c2OC)oc1=O. The molecule has 0 bridgehead atoms. The molecule has 0 saturated heterocycles. The van der Waals surface area contributed by atoms with Gasteiger partial charge in [-0.2, -0.15) is 4.68 Å². The minimum Gasteiger partial charge on any atom is -0.496 e. The van der Waals surface area contributed by atoms with Gasteiger partial charge in [0, 0.05) is 10.9 Å². The van der Waals surface area contributed by atoms with Gasteiger partial charge in [-0.15, -0.1) is 16.4 Å². The van der Waals surface area contributed by atoms with Crippen LogP contribution in [0.5, 0.6) is 11.5 Å². The molecule has 3 rings (SSSR count). The fraction of sp³-hybridized carbons (Fsp3) is 0.200. The molecule has 3 aromatic rings. The lowest BCUT2D eigenvalue weighted by atomic mass is 10.2. The van der Waals surface area contributed by atoms with Crippen LogP contribution in [0.15, 0.2) is 43.3 Å². The summed E-state index contributed by atoms with van der Waals surface area (Å²) >= 11 is 4.77. The van der Waals surface area contributed by atoms with E-state index in [-0.39, 0.29) is 12.4 Å². The van der Waals surface area contributed by atoms with Gasteiger partial charge in [0.05, 0.1) is 25.2 Å². The Labute approximate surface area is 144 Å². The first-order chi connectivity index (χ1) is 11.1. The zero-order chi connectivity index (χ0) is 16.4. The van der Waals surface area contributed by atoms with E-state index < -0.39 is 5.76 Å². The molecule has 120 valence electrons. The number of hydrogen-bond acceptors (Lipinski definition) is 6. The Morgan fingerprint density at radius 1 is 1.30 bits per heavy atom. The van der Waals surface area contributed by atoms with Crippen molar-refractivity contribution in [1.82, 2.24) is 9.78 Å². The molecule has 0 aliphatic carbocycles. The van der Waals surface area contributed by atoms with Crippen LogP contribution in [0.1, 0.15) is 5.56 Å².